The highest BCUT2D eigenvalue weighted by Crippen LogP contribution is 2.28. The van der Waals surface area contributed by atoms with Crippen molar-refractivity contribution in [3.05, 3.63) is 86.5 Å². The second-order valence-corrected chi connectivity index (χ2v) is 11.5. The van der Waals surface area contributed by atoms with Crippen molar-refractivity contribution in [3.8, 4) is 5.75 Å². The van der Waals surface area contributed by atoms with Crippen LogP contribution in [0.3, 0.4) is 0 Å². The van der Waals surface area contributed by atoms with Crippen LogP contribution in [-0.4, -0.2) is 48.5 Å². The largest absolute Gasteiger partial charge is 0.493 e. The molecule has 1 heterocycles. The summed E-state index contributed by atoms with van der Waals surface area (Å²) in [5, 5.41) is 14.6. The lowest BCUT2D eigenvalue weighted by Crippen LogP contribution is -2.26. The summed E-state index contributed by atoms with van der Waals surface area (Å²) in [6.07, 6.45) is 7.16. The minimum atomic E-state index is -0.406. The third-order valence-corrected chi connectivity index (χ3v) is 7.44. The van der Waals surface area contributed by atoms with E-state index in [4.69, 9.17) is 55.2 Å². The van der Waals surface area contributed by atoms with Gasteiger partial charge in [0.15, 0.2) is 0 Å². The Kier molecular flexibility index (Phi) is 17.0. The van der Waals surface area contributed by atoms with Gasteiger partial charge in [-0.1, -0.05) is 85.7 Å². The van der Waals surface area contributed by atoms with E-state index in [1.807, 2.05) is 0 Å². The molecule has 1 aliphatic rings. The number of halogens is 3. The molecule has 0 aliphatic heterocycles. The normalized spacial score (nSPS) is 12.3. The molecule has 3 aromatic rings. The molecule has 1 amide bonds. The van der Waals surface area contributed by atoms with Crippen molar-refractivity contribution in [1.29, 1.82) is 0 Å². The monoisotopic (exact) mass is 664 g/mol. The Balaban J connectivity index is 0.000000288. The maximum atomic E-state index is 11.1. The number of amides is 1. The molecule has 0 atom stereocenters. The third kappa shape index (κ3) is 12.9. The number of aliphatic hydroxyl groups is 1. The first-order valence-corrected chi connectivity index (χ1v) is 15.9. The van der Waals surface area contributed by atoms with E-state index < -0.39 is 5.91 Å². The first-order valence-electron chi connectivity index (χ1n) is 14.7. The summed E-state index contributed by atoms with van der Waals surface area (Å²) in [6.45, 7) is 8.64. The van der Waals surface area contributed by atoms with E-state index in [-0.39, 0.29) is 6.61 Å². The molecule has 0 spiro atoms. The van der Waals surface area contributed by atoms with E-state index in [0.717, 1.165) is 37.7 Å². The van der Waals surface area contributed by atoms with Gasteiger partial charge >= 0.3 is 0 Å². The topological polar surface area (TPSA) is 110 Å². The molecular weight excluding hydrogens is 623 g/mol. The van der Waals surface area contributed by atoms with Gasteiger partial charge in [-0.2, -0.15) is 0 Å². The van der Waals surface area contributed by atoms with Crippen molar-refractivity contribution in [1.82, 2.24) is 4.98 Å². The molecule has 0 radical (unpaired) electrons. The summed E-state index contributed by atoms with van der Waals surface area (Å²) < 4.78 is 5.68. The number of aromatic nitrogens is 1. The number of nitrogens with two attached hydrogens (primary N) is 1. The van der Waals surface area contributed by atoms with Crippen molar-refractivity contribution in [2.24, 2.45) is 16.8 Å². The highest BCUT2D eigenvalue weighted by Gasteiger charge is 2.14. The van der Waals surface area contributed by atoms with Crippen LogP contribution in [0.15, 0.2) is 59.9 Å². The molecule has 1 fully saturated rings. The maximum absolute atomic E-state index is 11.1. The molecule has 240 valence electrons. The van der Waals surface area contributed by atoms with Gasteiger partial charge in [-0.25, -0.2) is 4.98 Å². The number of oxime groups is 1. The first-order chi connectivity index (χ1) is 21.1. The van der Waals surface area contributed by atoms with Gasteiger partial charge in [0.2, 0.25) is 5.91 Å². The first kappa shape index (κ1) is 37.1. The number of anilines is 1. The minimum absolute atomic E-state index is 0.116. The van der Waals surface area contributed by atoms with Crippen molar-refractivity contribution >= 4 is 52.2 Å². The number of carbonyl (C=O) groups excluding carboxylic acids is 1. The number of hydrogen-bond donors (Lipinski definition) is 2. The quantitative estimate of drug-likeness (QED) is 0.141. The molecule has 3 N–H and O–H groups in total. The van der Waals surface area contributed by atoms with Crippen LogP contribution in [0.5, 0.6) is 5.75 Å². The Morgan fingerprint density at radius 3 is 2.18 bits per heavy atom. The predicted octanol–water partition coefficient (Wildman–Crippen LogP) is 8.18. The lowest BCUT2D eigenvalue weighted by molar-refractivity contribution is 0.1000. The molecule has 44 heavy (non-hydrogen) atoms. The molecule has 0 saturated heterocycles. The standard InChI is InChI=1S/C17H16Cl3NO3.C12H19N3O.C4H8/c1-23-21-16(17-13(18)3-2-4-14(17)19)7-8-24-12-6-5-11(10-22)15(20)9-12;1-3-7-15(8-4-2)11-9-10(12(13)16)5-6-14-11;1-4-2-3-4/h2-6,9,22H,7-8,10H2,1H3;5-6,9H,3-4,7-8H2,1-2H3,(H2,13,16);4H,2-3H2,1H3/b21-16+;;. The molecular formula is C33H43Cl3N4O4. The fourth-order valence-corrected chi connectivity index (χ4v) is 4.75. The van der Waals surface area contributed by atoms with Crippen molar-refractivity contribution in [3.63, 3.8) is 0 Å². The SMILES string of the molecule is CC1CC1.CCCN(CCC)c1cc(C(N)=O)ccn1.CO/N=C(\CCOc1ccc(CO)c(Cl)c1)c1c(Cl)cccc1Cl. The number of hydrogen-bond acceptors (Lipinski definition) is 7. The number of rotatable bonds is 13. The maximum Gasteiger partial charge on any atom is 0.248 e. The fraction of sp³-hybridized carbons (Fsp3) is 0.424. The van der Waals surface area contributed by atoms with Crippen molar-refractivity contribution in [2.75, 3.05) is 31.7 Å². The number of carbonyl (C=O) groups is 1. The van der Waals surface area contributed by atoms with Gasteiger partial charge in [-0.15, -0.1) is 0 Å². The van der Waals surface area contributed by atoms with Gasteiger partial charge in [0.1, 0.15) is 18.7 Å². The Morgan fingerprint density at radius 1 is 1.05 bits per heavy atom. The molecule has 2 aromatic carbocycles. The second-order valence-electron chi connectivity index (χ2n) is 10.3. The van der Waals surface area contributed by atoms with Crippen molar-refractivity contribution < 1.29 is 19.5 Å². The number of ether oxygens (including phenoxy) is 1. The van der Waals surface area contributed by atoms with Crippen LogP contribution in [0.4, 0.5) is 5.82 Å². The van der Waals surface area contributed by atoms with E-state index in [9.17, 15) is 4.79 Å². The van der Waals surface area contributed by atoms with Gasteiger partial charge < -0.3 is 25.3 Å². The van der Waals surface area contributed by atoms with Crippen LogP contribution < -0.4 is 15.4 Å². The molecule has 0 bridgehead atoms. The van der Waals surface area contributed by atoms with Crippen LogP contribution in [0.1, 0.15) is 74.4 Å². The van der Waals surface area contributed by atoms with E-state index >= 15 is 0 Å². The minimum Gasteiger partial charge on any atom is -0.493 e. The Morgan fingerprint density at radius 2 is 1.68 bits per heavy atom. The van der Waals surface area contributed by atoms with Crippen LogP contribution in [0.25, 0.3) is 0 Å². The molecule has 8 nitrogen and oxygen atoms in total. The number of aliphatic hydroxyl groups excluding tert-OH is 1. The van der Waals surface area contributed by atoms with Crippen molar-refractivity contribution in [2.45, 2.75) is 59.5 Å². The van der Waals surface area contributed by atoms with E-state index in [2.05, 4.69) is 35.8 Å². The number of nitrogens with zero attached hydrogens (tertiary/aromatic N) is 3. The smallest absolute Gasteiger partial charge is 0.248 e. The Bertz CT molecular complexity index is 1330. The van der Waals surface area contributed by atoms with E-state index in [1.54, 1.807) is 54.7 Å². The zero-order chi connectivity index (χ0) is 32.5. The van der Waals surface area contributed by atoms with E-state index in [0.29, 0.717) is 56.2 Å². The number of primary amides is 1. The summed E-state index contributed by atoms with van der Waals surface area (Å²) >= 11 is 18.5. The Hall–Kier alpha value is -3.04. The van der Waals surface area contributed by atoms with Gasteiger partial charge in [-0.3, -0.25) is 4.79 Å². The fourth-order valence-electron chi connectivity index (χ4n) is 3.90. The van der Waals surface area contributed by atoms with Gasteiger partial charge in [0.05, 0.1) is 29.0 Å². The molecule has 11 heteroatoms. The second kappa shape index (κ2) is 20.1. The molecule has 1 saturated carbocycles. The molecule has 1 aromatic heterocycles. The van der Waals surface area contributed by atoms with Gasteiger partial charge in [0.25, 0.3) is 0 Å². The van der Waals surface area contributed by atoms with Gasteiger partial charge in [-0.05, 0) is 60.7 Å². The van der Waals surface area contributed by atoms with Crippen LogP contribution in [0, 0.1) is 5.92 Å². The zero-order valence-electron chi connectivity index (χ0n) is 25.9. The third-order valence-electron chi connectivity index (χ3n) is 6.46. The van der Waals surface area contributed by atoms with E-state index in [1.165, 1.54) is 20.0 Å². The Labute approximate surface area is 276 Å². The van der Waals surface area contributed by atoms with Crippen LogP contribution in [0.2, 0.25) is 15.1 Å². The zero-order valence-corrected chi connectivity index (χ0v) is 28.1. The number of benzene rings is 2. The highest BCUT2D eigenvalue weighted by molar-refractivity contribution is 6.40. The number of pyridine rings is 1. The van der Waals surface area contributed by atoms with Crippen LogP contribution in [-0.2, 0) is 11.4 Å². The highest BCUT2D eigenvalue weighted by atomic mass is 35.5. The summed E-state index contributed by atoms with van der Waals surface area (Å²) in [5.74, 6) is 2.11. The molecule has 0 unspecified atom stereocenters. The molecule has 1 aliphatic carbocycles. The summed E-state index contributed by atoms with van der Waals surface area (Å²) in [6, 6.07) is 13.8. The average Bonchev–Trinajstić information content (AvgIpc) is 3.79. The van der Waals surface area contributed by atoms with Crippen LogP contribution >= 0.6 is 34.8 Å². The lowest BCUT2D eigenvalue weighted by Gasteiger charge is -2.22. The predicted molar refractivity (Wildman–Crippen MR) is 181 cm³/mol. The molecule has 4 rings (SSSR count). The summed E-state index contributed by atoms with van der Waals surface area (Å²) in [4.78, 5) is 22.4. The summed E-state index contributed by atoms with van der Waals surface area (Å²) in [5.41, 5.74) is 7.62. The lowest BCUT2D eigenvalue weighted by atomic mass is 10.1. The summed E-state index contributed by atoms with van der Waals surface area (Å²) in [7, 11) is 1.46. The van der Waals surface area contributed by atoms with Gasteiger partial charge in [0, 0.05) is 41.9 Å². The average molecular weight is 666 g/mol.